The summed E-state index contributed by atoms with van der Waals surface area (Å²) in [6.07, 6.45) is 5.33. The Labute approximate surface area is 189 Å². The highest BCUT2D eigenvalue weighted by atomic mass is 32.2. The van der Waals surface area contributed by atoms with Gasteiger partial charge in [-0.1, -0.05) is 30.3 Å². The van der Waals surface area contributed by atoms with Gasteiger partial charge in [0.15, 0.2) is 0 Å². The summed E-state index contributed by atoms with van der Waals surface area (Å²) in [5.74, 6) is -0.115. The fourth-order valence-corrected chi connectivity index (χ4v) is 5.57. The summed E-state index contributed by atoms with van der Waals surface area (Å²) in [5.41, 5.74) is 1.44. The van der Waals surface area contributed by atoms with Crippen molar-refractivity contribution in [3.8, 4) is 0 Å². The molecule has 0 unspecified atom stereocenters. The van der Waals surface area contributed by atoms with Crippen LogP contribution < -0.4 is 5.32 Å². The minimum absolute atomic E-state index is 0.0300. The zero-order valence-electron chi connectivity index (χ0n) is 18.7. The van der Waals surface area contributed by atoms with Gasteiger partial charge in [-0.05, 0) is 45.1 Å². The number of rotatable bonds is 9. The SMILES string of the molecule is CC(C)NC(=O)N(Cc1cnc(S(=O)(=O)Cc2ccccc2)n1C[C@H]1CCCO1)C1CC1. The summed E-state index contributed by atoms with van der Waals surface area (Å²) in [5, 5.41) is 3.01. The van der Waals surface area contributed by atoms with Crippen LogP contribution in [0.2, 0.25) is 0 Å². The van der Waals surface area contributed by atoms with Crippen LogP contribution in [-0.2, 0) is 33.4 Å². The van der Waals surface area contributed by atoms with E-state index in [4.69, 9.17) is 4.74 Å². The van der Waals surface area contributed by atoms with Crippen molar-refractivity contribution in [2.24, 2.45) is 0 Å². The Balaban J connectivity index is 1.63. The number of hydrogen-bond donors (Lipinski definition) is 1. The Hall–Kier alpha value is -2.39. The Kier molecular flexibility index (Phi) is 6.85. The topological polar surface area (TPSA) is 93.5 Å². The van der Waals surface area contributed by atoms with Gasteiger partial charge in [0.2, 0.25) is 15.0 Å². The first-order valence-electron chi connectivity index (χ1n) is 11.3. The molecule has 1 aliphatic carbocycles. The Morgan fingerprint density at radius 1 is 1.25 bits per heavy atom. The number of ether oxygens (including phenoxy) is 1. The third-order valence-electron chi connectivity index (χ3n) is 5.78. The Morgan fingerprint density at radius 3 is 2.62 bits per heavy atom. The van der Waals surface area contributed by atoms with Crippen molar-refractivity contribution >= 4 is 15.9 Å². The Bertz CT molecular complexity index is 1030. The molecule has 1 saturated heterocycles. The molecule has 2 aromatic rings. The van der Waals surface area contributed by atoms with E-state index in [9.17, 15) is 13.2 Å². The third-order valence-corrected chi connectivity index (χ3v) is 7.38. The van der Waals surface area contributed by atoms with Crippen molar-refractivity contribution in [1.82, 2.24) is 19.8 Å². The molecule has 0 radical (unpaired) electrons. The monoisotopic (exact) mass is 460 g/mol. The third kappa shape index (κ3) is 5.50. The van der Waals surface area contributed by atoms with Crippen LogP contribution >= 0.6 is 0 Å². The number of urea groups is 1. The van der Waals surface area contributed by atoms with Gasteiger partial charge in [0.1, 0.15) is 0 Å². The van der Waals surface area contributed by atoms with Crippen LogP contribution in [0.4, 0.5) is 4.79 Å². The standard InChI is InChI=1S/C23H32N4O4S/c1-17(2)25-22(28)26(19-10-11-19)14-20-13-24-23(27(20)15-21-9-6-12-31-21)32(29,30)16-18-7-4-3-5-8-18/h3-5,7-8,13,17,19,21H,6,9-12,14-16H2,1-2H3,(H,25,28)/t21-/m1/s1. The molecule has 1 aromatic heterocycles. The van der Waals surface area contributed by atoms with Crippen molar-refractivity contribution in [2.75, 3.05) is 6.61 Å². The molecule has 1 saturated carbocycles. The number of carbonyl (C=O) groups is 1. The fraction of sp³-hybridized carbons (Fsp3) is 0.565. The van der Waals surface area contributed by atoms with E-state index in [0.29, 0.717) is 19.7 Å². The van der Waals surface area contributed by atoms with Gasteiger partial charge in [-0.3, -0.25) is 0 Å². The number of carbonyl (C=O) groups excluding carboxylic acids is 1. The maximum atomic E-state index is 13.3. The van der Waals surface area contributed by atoms with Crippen molar-refractivity contribution in [3.63, 3.8) is 0 Å². The molecule has 4 rings (SSSR count). The lowest BCUT2D eigenvalue weighted by Crippen LogP contribution is -2.44. The molecule has 1 aliphatic heterocycles. The smallest absolute Gasteiger partial charge is 0.318 e. The molecule has 2 amide bonds. The lowest BCUT2D eigenvalue weighted by Gasteiger charge is -2.25. The average molecular weight is 461 g/mol. The van der Waals surface area contributed by atoms with E-state index in [1.54, 1.807) is 27.8 Å². The Morgan fingerprint density at radius 2 is 2.00 bits per heavy atom. The van der Waals surface area contributed by atoms with Gasteiger partial charge in [0, 0.05) is 18.7 Å². The molecule has 1 aromatic carbocycles. The van der Waals surface area contributed by atoms with E-state index in [0.717, 1.165) is 36.9 Å². The molecule has 2 heterocycles. The van der Waals surface area contributed by atoms with E-state index in [-0.39, 0.29) is 35.1 Å². The second-order valence-corrected chi connectivity index (χ2v) is 10.9. The molecule has 0 bridgehead atoms. The van der Waals surface area contributed by atoms with E-state index in [1.807, 2.05) is 32.0 Å². The summed E-state index contributed by atoms with van der Waals surface area (Å²) >= 11 is 0. The van der Waals surface area contributed by atoms with E-state index in [1.165, 1.54) is 0 Å². The molecular formula is C23H32N4O4S. The number of sulfone groups is 1. The first-order valence-corrected chi connectivity index (χ1v) is 13.0. The lowest BCUT2D eigenvalue weighted by molar-refractivity contribution is 0.0934. The van der Waals surface area contributed by atoms with Crippen molar-refractivity contribution < 1.29 is 17.9 Å². The molecule has 2 fully saturated rings. The molecule has 9 heteroatoms. The van der Waals surface area contributed by atoms with Gasteiger partial charge in [-0.2, -0.15) is 0 Å². The van der Waals surface area contributed by atoms with Gasteiger partial charge >= 0.3 is 6.03 Å². The van der Waals surface area contributed by atoms with Crippen LogP contribution in [0.3, 0.4) is 0 Å². The number of nitrogens with one attached hydrogen (secondary N) is 1. The molecule has 8 nitrogen and oxygen atoms in total. The van der Waals surface area contributed by atoms with Gasteiger partial charge in [-0.25, -0.2) is 18.2 Å². The highest BCUT2D eigenvalue weighted by molar-refractivity contribution is 7.90. The van der Waals surface area contributed by atoms with Gasteiger partial charge < -0.3 is 19.5 Å². The predicted octanol–water partition coefficient (Wildman–Crippen LogP) is 3.12. The first-order chi connectivity index (χ1) is 15.3. The maximum absolute atomic E-state index is 13.3. The number of amides is 2. The second kappa shape index (κ2) is 9.62. The zero-order chi connectivity index (χ0) is 22.7. The van der Waals surface area contributed by atoms with Gasteiger partial charge in [-0.15, -0.1) is 0 Å². The highest BCUT2D eigenvalue weighted by Crippen LogP contribution is 2.30. The largest absolute Gasteiger partial charge is 0.376 e. The van der Waals surface area contributed by atoms with Gasteiger partial charge in [0.05, 0.1) is 36.8 Å². The van der Waals surface area contributed by atoms with Crippen molar-refractivity contribution in [2.45, 2.75) is 81.7 Å². The molecule has 1 N–H and O–H groups in total. The van der Waals surface area contributed by atoms with E-state index < -0.39 is 9.84 Å². The minimum atomic E-state index is -3.67. The number of benzene rings is 1. The first kappa shape index (κ1) is 22.8. The zero-order valence-corrected chi connectivity index (χ0v) is 19.6. The number of aromatic nitrogens is 2. The van der Waals surface area contributed by atoms with Crippen LogP contribution in [0.15, 0.2) is 41.7 Å². The fourth-order valence-electron chi connectivity index (χ4n) is 4.07. The van der Waals surface area contributed by atoms with Crippen LogP contribution in [0.25, 0.3) is 0 Å². The molecular weight excluding hydrogens is 428 g/mol. The summed E-state index contributed by atoms with van der Waals surface area (Å²) in [4.78, 5) is 18.9. The highest BCUT2D eigenvalue weighted by Gasteiger charge is 2.35. The number of hydrogen-bond acceptors (Lipinski definition) is 5. The lowest BCUT2D eigenvalue weighted by atomic mass is 10.2. The normalized spacial score (nSPS) is 18.8. The molecule has 1 atom stereocenters. The maximum Gasteiger partial charge on any atom is 0.318 e. The summed E-state index contributed by atoms with van der Waals surface area (Å²) < 4.78 is 34.2. The number of imidazole rings is 1. The summed E-state index contributed by atoms with van der Waals surface area (Å²) in [7, 11) is -3.67. The summed E-state index contributed by atoms with van der Waals surface area (Å²) in [6.45, 7) is 5.29. The molecule has 2 aliphatic rings. The van der Waals surface area contributed by atoms with Crippen LogP contribution in [0.5, 0.6) is 0 Å². The molecule has 0 spiro atoms. The van der Waals surface area contributed by atoms with Crippen molar-refractivity contribution in [3.05, 3.63) is 47.8 Å². The summed E-state index contributed by atoms with van der Waals surface area (Å²) in [6, 6.07) is 9.22. The quantitative estimate of drug-likeness (QED) is 0.621. The number of nitrogens with zero attached hydrogens (tertiary/aromatic N) is 3. The van der Waals surface area contributed by atoms with Crippen molar-refractivity contribution in [1.29, 1.82) is 0 Å². The van der Waals surface area contributed by atoms with E-state index in [2.05, 4.69) is 10.3 Å². The van der Waals surface area contributed by atoms with E-state index >= 15 is 0 Å². The predicted molar refractivity (Wildman–Crippen MR) is 121 cm³/mol. The average Bonchev–Trinajstić information content (AvgIpc) is 3.28. The molecule has 32 heavy (non-hydrogen) atoms. The van der Waals surface area contributed by atoms with Crippen LogP contribution in [-0.4, -0.2) is 53.7 Å². The second-order valence-electron chi connectivity index (χ2n) is 8.99. The van der Waals surface area contributed by atoms with Crippen LogP contribution in [0, 0.1) is 0 Å². The van der Waals surface area contributed by atoms with Crippen LogP contribution in [0.1, 0.15) is 50.8 Å². The minimum Gasteiger partial charge on any atom is -0.376 e. The molecule has 174 valence electrons. The van der Waals surface area contributed by atoms with Gasteiger partial charge in [0.25, 0.3) is 0 Å².